The maximum atomic E-state index is 8.55. The summed E-state index contributed by atoms with van der Waals surface area (Å²) in [6, 6.07) is 4.04. The van der Waals surface area contributed by atoms with Crippen LogP contribution in [0.4, 0.5) is 0 Å². The number of unbranched alkanes of at least 4 members (excludes halogenated alkanes) is 1. The van der Waals surface area contributed by atoms with Crippen LogP contribution in [0.3, 0.4) is 0 Å². The van der Waals surface area contributed by atoms with Crippen molar-refractivity contribution in [2.75, 3.05) is 0 Å². The third-order valence-electron chi connectivity index (χ3n) is 4.49. The minimum absolute atomic E-state index is 0.567. The third-order valence-corrected chi connectivity index (χ3v) is 4.49. The van der Waals surface area contributed by atoms with Crippen molar-refractivity contribution in [3.05, 3.63) is 53.2 Å². The Morgan fingerprint density at radius 2 is 1.91 bits per heavy atom. The molecule has 3 rings (SSSR count). The van der Waals surface area contributed by atoms with E-state index in [0.29, 0.717) is 5.49 Å². The van der Waals surface area contributed by atoms with E-state index in [2.05, 4.69) is 35.3 Å². The molecule has 3 heterocycles. The molecule has 0 aliphatic carbocycles. The molecular weight excluding hydrogens is 286 g/mol. The molecule has 120 valence electrons. The van der Waals surface area contributed by atoms with Crippen molar-refractivity contribution in [2.24, 2.45) is 0 Å². The molecular formula is C18H23N5. The third kappa shape index (κ3) is 2.79. The van der Waals surface area contributed by atoms with E-state index < -0.39 is 0 Å². The number of rotatable bonds is 5. The minimum atomic E-state index is 0.567. The number of pyridine rings is 1. The summed E-state index contributed by atoms with van der Waals surface area (Å²) < 4.78 is 4.15. The molecule has 3 aromatic rings. The van der Waals surface area contributed by atoms with E-state index in [9.17, 15) is 0 Å². The summed E-state index contributed by atoms with van der Waals surface area (Å²) in [5, 5.41) is 9.52. The summed E-state index contributed by atoms with van der Waals surface area (Å²) in [4.78, 5) is 8.74. The van der Waals surface area contributed by atoms with Crippen LogP contribution >= 0.6 is 0 Å². The van der Waals surface area contributed by atoms with Crippen LogP contribution in [0.25, 0.3) is 11.0 Å². The molecule has 1 N–H and O–H groups in total. The van der Waals surface area contributed by atoms with Gasteiger partial charge in [-0.3, -0.25) is 10.4 Å². The minimum Gasteiger partial charge on any atom is -0.325 e. The lowest BCUT2D eigenvalue weighted by molar-refractivity contribution is 0.596. The van der Waals surface area contributed by atoms with Crippen molar-refractivity contribution >= 4 is 11.0 Å². The van der Waals surface area contributed by atoms with Gasteiger partial charge in [-0.25, -0.2) is 4.98 Å². The maximum absolute atomic E-state index is 8.55. The predicted octanol–water partition coefficient (Wildman–Crippen LogP) is 3.18. The van der Waals surface area contributed by atoms with Gasteiger partial charge in [0, 0.05) is 31.2 Å². The van der Waals surface area contributed by atoms with Crippen molar-refractivity contribution in [1.29, 1.82) is 5.41 Å². The number of aromatic nitrogens is 4. The lowest BCUT2D eigenvalue weighted by Crippen LogP contribution is -2.21. The van der Waals surface area contributed by atoms with Gasteiger partial charge in [0.1, 0.15) is 11.1 Å². The zero-order valence-electron chi connectivity index (χ0n) is 14.0. The molecule has 0 aliphatic heterocycles. The van der Waals surface area contributed by atoms with Crippen LogP contribution in [0.2, 0.25) is 0 Å². The highest BCUT2D eigenvalue weighted by atomic mass is 15.1. The molecule has 5 nitrogen and oxygen atoms in total. The Balaban J connectivity index is 2.11. The highest BCUT2D eigenvalue weighted by molar-refractivity contribution is 5.80. The molecule has 0 saturated heterocycles. The van der Waals surface area contributed by atoms with E-state index in [1.165, 1.54) is 11.3 Å². The number of hydrogen-bond acceptors (Lipinski definition) is 3. The van der Waals surface area contributed by atoms with Gasteiger partial charge in [-0.15, -0.1) is 0 Å². The molecule has 0 aliphatic rings. The van der Waals surface area contributed by atoms with Gasteiger partial charge in [-0.1, -0.05) is 13.3 Å². The van der Waals surface area contributed by atoms with Gasteiger partial charge >= 0.3 is 0 Å². The first-order valence-electron chi connectivity index (χ1n) is 8.11. The van der Waals surface area contributed by atoms with Crippen LogP contribution in [-0.4, -0.2) is 19.1 Å². The normalized spacial score (nSPS) is 11.3. The summed E-state index contributed by atoms with van der Waals surface area (Å²) in [5.41, 5.74) is 4.98. The number of fused-ring (bicyclic) bond motifs is 1. The second kappa shape index (κ2) is 6.36. The van der Waals surface area contributed by atoms with Gasteiger partial charge in [0.25, 0.3) is 0 Å². The first-order chi connectivity index (χ1) is 11.1. The average Bonchev–Trinajstić information content (AvgIpc) is 2.81. The summed E-state index contributed by atoms with van der Waals surface area (Å²) in [5.74, 6) is 0. The summed E-state index contributed by atoms with van der Waals surface area (Å²) in [7, 11) is 0. The predicted molar refractivity (Wildman–Crippen MR) is 91.3 cm³/mol. The van der Waals surface area contributed by atoms with E-state index in [-0.39, 0.29) is 0 Å². The Morgan fingerprint density at radius 1 is 1.17 bits per heavy atom. The lowest BCUT2D eigenvalue weighted by atomic mass is 10.2. The topological polar surface area (TPSA) is 59.5 Å². The molecule has 0 spiro atoms. The van der Waals surface area contributed by atoms with Gasteiger partial charge in [-0.05, 0) is 43.5 Å². The van der Waals surface area contributed by atoms with E-state index in [4.69, 9.17) is 5.41 Å². The molecule has 0 saturated carbocycles. The van der Waals surface area contributed by atoms with Crippen LogP contribution in [-0.2, 0) is 13.1 Å². The number of hydrogen-bond donors (Lipinski definition) is 1. The maximum Gasteiger partial charge on any atom is 0.146 e. The van der Waals surface area contributed by atoms with E-state index in [1.807, 2.05) is 35.4 Å². The largest absolute Gasteiger partial charge is 0.325 e. The molecule has 0 amide bonds. The van der Waals surface area contributed by atoms with Crippen LogP contribution in [0.1, 0.15) is 36.6 Å². The Kier molecular flexibility index (Phi) is 4.28. The number of nitrogens with one attached hydrogen (secondary N) is 1. The smallest absolute Gasteiger partial charge is 0.146 e. The molecule has 5 heteroatoms. The lowest BCUT2D eigenvalue weighted by Gasteiger charge is -2.09. The summed E-state index contributed by atoms with van der Waals surface area (Å²) in [6.07, 6.45) is 7.61. The monoisotopic (exact) mass is 309 g/mol. The SMILES string of the molecule is CCCCn1cnc2c(c(C)c(C)n2Cc2ccncc2)c1=N. The molecule has 0 fully saturated rings. The quantitative estimate of drug-likeness (QED) is 0.787. The van der Waals surface area contributed by atoms with Crippen LogP contribution in [0, 0.1) is 19.3 Å². The second-order valence-corrected chi connectivity index (χ2v) is 5.99. The van der Waals surface area contributed by atoms with Crippen molar-refractivity contribution in [3.63, 3.8) is 0 Å². The van der Waals surface area contributed by atoms with Gasteiger partial charge in [0.2, 0.25) is 0 Å². The fraction of sp³-hybridized carbons (Fsp3) is 0.389. The fourth-order valence-corrected chi connectivity index (χ4v) is 2.95. The number of nitrogens with zero attached hydrogens (tertiary/aromatic N) is 4. The van der Waals surface area contributed by atoms with Gasteiger partial charge in [0.05, 0.1) is 11.7 Å². The van der Waals surface area contributed by atoms with Gasteiger partial charge in [0.15, 0.2) is 0 Å². The second-order valence-electron chi connectivity index (χ2n) is 5.99. The van der Waals surface area contributed by atoms with E-state index >= 15 is 0 Å². The standard InChI is InChI=1S/C18H23N5/c1-4-5-10-22-12-21-18-16(17(22)19)13(2)14(3)23(18)11-15-6-8-20-9-7-15/h6-9,12,19H,4-5,10-11H2,1-3H3. The first-order valence-corrected chi connectivity index (χ1v) is 8.11. The van der Waals surface area contributed by atoms with Gasteiger partial charge < -0.3 is 9.13 Å². The molecule has 0 radical (unpaired) electrons. The van der Waals surface area contributed by atoms with E-state index in [1.54, 1.807) is 0 Å². The highest BCUT2D eigenvalue weighted by Crippen LogP contribution is 2.21. The number of aryl methyl sites for hydroxylation is 2. The zero-order valence-corrected chi connectivity index (χ0v) is 14.0. The van der Waals surface area contributed by atoms with Crippen molar-refractivity contribution in [2.45, 2.75) is 46.7 Å². The summed E-state index contributed by atoms with van der Waals surface area (Å²) in [6.45, 7) is 7.96. The Bertz CT molecular complexity index is 874. The van der Waals surface area contributed by atoms with E-state index in [0.717, 1.165) is 42.5 Å². The zero-order chi connectivity index (χ0) is 16.4. The molecule has 0 atom stereocenters. The van der Waals surface area contributed by atoms with Gasteiger partial charge in [-0.2, -0.15) is 0 Å². The molecule has 0 aromatic carbocycles. The molecule has 3 aromatic heterocycles. The van der Waals surface area contributed by atoms with Crippen molar-refractivity contribution < 1.29 is 0 Å². The van der Waals surface area contributed by atoms with Crippen LogP contribution in [0.5, 0.6) is 0 Å². The highest BCUT2D eigenvalue weighted by Gasteiger charge is 2.15. The molecule has 0 bridgehead atoms. The summed E-state index contributed by atoms with van der Waals surface area (Å²) >= 11 is 0. The van der Waals surface area contributed by atoms with Crippen molar-refractivity contribution in [1.82, 2.24) is 19.1 Å². The fourth-order valence-electron chi connectivity index (χ4n) is 2.95. The van der Waals surface area contributed by atoms with Crippen LogP contribution in [0.15, 0.2) is 30.9 Å². The Morgan fingerprint density at radius 3 is 2.61 bits per heavy atom. The first kappa shape index (κ1) is 15.5. The Hall–Kier alpha value is -2.43. The Labute approximate surface area is 136 Å². The van der Waals surface area contributed by atoms with Crippen molar-refractivity contribution in [3.8, 4) is 0 Å². The van der Waals surface area contributed by atoms with Crippen LogP contribution < -0.4 is 5.49 Å². The molecule has 23 heavy (non-hydrogen) atoms. The average molecular weight is 309 g/mol. The molecule has 0 unspecified atom stereocenters.